The number of amides is 1. The molecule has 146 valence electrons. The highest BCUT2D eigenvalue weighted by Crippen LogP contribution is 2.42. The molecule has 28 heavy (non-hydrogen) atoms. The molecule has 1 amide bonds. The van der Waals surface area contributed by atoms with Crippen molar-refractivity contribution in [3.8, 4) is 0 Å². The van der Waals surface area contributed by atoms with E-state index in [2.05, 4.69) is 20.8 Å². The zero-order valence-electron chi connectivity index (χ0n) is 15.1. The van der Waals surface area contributed by atoms with E-state index in [0.717, 1.165) is 5.82 Å². The van der Waals surface area contributed by atoms with Crippen molar-refractivity contribution in [2.24, 2.45) is 14.1 Å². The van der Waals surface area contributed by atoms with E-state index in [0.29, 0.717) is 22.2 Å². The number of hydrogen-bond donors (Lipinski definition) is 2. The van der Waals surface area contributed by atoms with Gasteiger partial charge in [0, 0.05) is 24.6 Å². The number of β-lactam (4-membered cyclic amide) rings is 1. The summed E-state index contributed by atoms with van der Waals surface area (Å²) in [6.45, 7) is 0. The molecule has 10 nitrogen and oxygen atoms in total. The number of nitrogens with one attached hydrogen (secondary N) is 1. The Morgan fingerprint density at radius 3 is 3.00 bits per heavy atom. The van der Waals surface area contributed by atoms with Crippen molar-refractivity contribution in [2.75, 3.05) is 16.8 Å². The normalized spacial score (nSPS) is 21.4. The first-order chi connectivity index (χ1) is 13.5. The van der Waals surface area contributed by atoms with Crippen molar-refractivity contribution in [3.05, 3.63) is 35.7 Å². The van der Waals surface area contributed by atoms with Crippen LogP contribution in [0.1, 0.15) is 0 Å². The van der Waals surface area contributed by atoms with E-state index in [-0.39, 0.29) is 17.0 Å². The topological polar surface area (TPSA) is 117 Å². The van der Waals surface area contributed by atoms with Gasteiger partial charge < -0.3 is 5.11 Å². The maximum Gasteiger partial charge on any atom is 0.352 e. The summed E-state index contributed by atoms with van der Waals surface area (Å²) in [5, 5.41) is 24.6. The number of anilines is 1. The molecule has 0 radical (unpaired) electrons. The Kier molecular flexibility index (Phi) is 4.98. The minimum atomic E-state index is -1.09. The molecule has 0 aromatic carbocycles. The average Bonchev–Trinajstić information content (AvgIpc) is 3.09. The Labute approximate surface area is 169 Å². The Balaban J connectivity index is 1.53. The van der Waals surface area contributed by atoms with Gasteiger partial charge in [-0.25, -0.2) is 14.0 Å². The lowest BCUT2D eigenvalue weighted by atomic mass is 10.0. The maximum atomic E-state index is 12.8. The van der Waals surface area contributed by atoms with E-state index >= 15 is 0 Å². The number of aromatic nitrogens is 5. The summed E-state index contributed by atoms with van der Waals surface area (Å²) < 4.78 is 3.41. The monoisotopic (exact) mass is 420 g/mol. The van der Waals surface area contributed by atoms with Crippen LogP contribution in [0.15, 0.2) is 40.8 Å². The van der Waals surface area contributed by atoms with Crippen LogP contribution < -0.4 is 9.88 Å². The Hall–Kier alpha value is -2.60. The minimum absolute atomic E-state index is 0.0758. The van der Waals surface area contributed by atoms with Crippen molar-refractivity contribution < 1.29 is 19.3 Å². The molecule has 0 saturated carbocycles. The highest BCUT2D eigenvalue weighted by Gasteiger charge is 2.56. The van der Waals surface area contributed by atoms with E-state index in [1.54, 1.807) is 18.8 Å². The lowest BCUT2D eigenvalue weighted by Gasteiger charge is -2.47. The number of tetrazole rings is 1. The number of carbonyl (C=O) groups excluding carboxylic acids is 1. The summed E-state index contributed by atoms with van der Waals surface area (Å²) in [6, 6.07) is 5.22. The van der Waals surface area contributed by atoms with Crippen LogP contribution in [0.3, 0.4) is 0 Å². The quantitative estimate of drug-likeness (QED) is 0.374. The first-order valence-corrected chi connectivity index (χ1v) is 10.5. The number of aryl methyl sites for hydroxylation is 2. The van der Waals surface area contributed by atoms with E-state index in [1.165, 1.54) is 21.3 Å². The molecule has 2 unspecified atom stereocenters. The van der Waals surface area contributed by atoms with Crippen molar-refractivity contribution in [2.45, 2.75) is 16.6 Å². The number of hydrogen-bond acceptors (Lipinski definition) is 8. The number of carboxylic acids is 1. The van der Waals surface area contributed by atoms with E-state index in [1.807, 2.05) is 36.0 Å². The number of carboxylic acid groups (broad SMARTS) is 1. The number of carbonyl (C=O) groups is 2. The summed E-state index contributed by atoms with van der Waals surface area (Å²) >= 11 is 2.91. The van der Waals surface area contributed by atoms with Gasteiger partial charge in [-0.1, -0.05) is 17.8 Å². The third kappa shape index (κ3) is 3.22. The third-order valence-corrected chi connectivity index (χ3v) is 7.00. The first kappa shape index (κ1) is 18.7. The molecule has 4 rings (SSSR count). The number of thioether (sulfide) groups is 2. The third-order valence-electron chi connectivity index (χ3n) is 4.56. The molecule has 4 heterocycles. The van der Waals surface area contributed by atoms with Gasteiger partial charge in [0.05, 0.1) is 13.2 Å². The Morgan fingerprint density at radius 1 is 1.50 bits per heavy atom. The fourth-order valence-corrected chi connectivity index (χ4v) is 5.46. The predicted molar refractivity (Wildman–Crippen MR) is 102 cm³/mol. The first-order valence-electron chi connectivity index (χ1n) is 8.43. The van der Waals surface area contributed by atoms with Crippen LogP contribution in [0.25, 0.3) is 0 Å². The van der Waals surface area contributed by atoms with Crippen LogP contribution >= 0.6 is 23.5 Å². The summed E-state index contributed by atoms with van der Waals surface area (Å²) in [4.78, 5) is 26.1. The van der Waals surface area contributed by atoms with Gasteiger partial charge in [0.2, 0.25) is 11.2 Å². The summed E-state index contributed by atoms with van der Waals surface area (Å²) in [6.07, 6.45) is 1.89. The lowest BCUT2D eigenvalue weighted by Crippen LogP contribution is -2.68. The number of pyridine rings is 1. The fraction of sp³-hybridized carbons (Fsp3) is 0.375. The molecule has 12 heteroatoms. The highest BCUT2D eigenvalue weighted by atomic mass is 32.2. The zero-order valence-corrected chi connectivity index (χ0v) is 16.8. The van der Waals surface area contributed by atoms with Gasteiger partial charge in [0.15, 0.2) is 0 Å². The van der Waals surface area contributed by atoms with Crippen LogP contribution in [0.4, 0.5) is 5.82 Å². The number of aliphatic carboxylic acids is 1. The van der Waals surface area contributed by atoms with Crippen LogP contribution in [-0.4, -0.2) is 65.0 Å². The molecular weight excluding hydrogens is 402 g/mol. The SMILES string of the molecule is Cn1nnnc1SCC1=C(C(=O)O)N2C(=O)C(Nc3cccc[n+]3C)C2SC1. The van der Waals surface area contributed by atoms with E-state index < -0.39 is 12.0 Å². The van der Waals surface area contributed by atoms with Crippen molar-refractivity contribution >= 4 is 41.2 Å². The highest BCUT2D eigenvalue weighted by molar-refractivity contribution is 8.01. The smallest absolute Gasteiger partial charge is 0.352 e. The lowest BCUT2D eigenvalue weighted by molar-refractivity contribution is -0.657. The second-order valence-corrected chi connectivity index (χ2v) is 8.41. The predicted octanol–water partition coefficient (Wildman–Crippen LogP) is -0.139. The van der Waals surface area contributed by atoms with Gasteiger partial charge in [0.25, 0.3) is 11.7 Å². The van der Waals surface area contributed by atoms with Gasteiger partial charge >= 0.3 is 5.97 Å². The van der Waals surface area contributed by atoms with Gasteiger partial charge in [-0.15, -0.1) is 16.9 Å². The second-order valence-electron chi connectivity index (χ2n) is 6.36. The van der Waals surface area contributed by atoms with Crippen molar-refractivity contribution in [1.29, 1.82) is 0 Å². The largest absolute Gasteiger partial charge is 0.477 e. The number of fused-ring (bicyclic) bond motifs is 1. The second kappa shape index (κ2) is 7.43. The molecule has 0 spiro atoms. The summed E-state index contributed by atoms with van der Waals surface area (Å²) in [7, 11) is 3.61. The Morgan fingerprint density at radius 2 is 2.32 bits per heavy atom. The molecular formula is C16H18N7O3S2+. The van der Waals surface area contributed by atoms with Crippen LogP contribution in [0.2, 0.25) is 0 Å². The van der Waals surface area contributed by atoms with Crippen LogP contribution in [-0.2, 0) is 23.7 Å². The van der Waals surface area contributed by atoms with Crippen molar-refractivity contribution in [3.63, 3.8) is 0 Å². The molecule has 1 fully saturated rings. The van der Waals surface area contributed by atoms with E-state index in [9.17, 15) is 14.7 Å². The van der Waals surface area contributed by atoms with Crippen LogP contribution in [0, 0.1) is 0 Å². The molecule has 0 bridgehead atoms. The van der Waals surface area contributed by atoms with Gasteiger partial charge in [0.1, 0.15) is 11.1 Å². The number of nitrogens with zero attached hydrogens (tertiary/aromatic N) is 6. The molecule has 2 aromatic heterocycles. The van der Waals surface area contributed by atoms with Gasteiger partial charge in [-0.2, -0.15) is 0 Å². The maximum absolute atomic E-state index is 12.8. The minimum Gasteiger partial charge on any atom is -0.477 e. The molecule has 1 saturated heterocycles. The van der Waals surface area contributed by atoms with Gasteiger partial charge in [-0.05, 0) is 22.1 Å². The van der Waals surface area contributed by atoms with Crippen LogP contribution in [0.5, 0.6) is 0 Å². The summed E-state index contributed by atoms with van der Waals surface area (Å²) in [5.41, 5.74) is 0.769. The number of rotatable bonds is 6. The Bertz CT molecular complexity index is 977. The fourth-order valence-electron chi connectivity index (χ4n) is 3.12. The summed E-state index contributed by atoms with van der Waals surface area (Å²) in [5.74, 6) is 0.423. The standard InChI is InChI=1S/C16H17N7O3S2/c1-21-6-4-3-5-10(21)17-11-13(24)23-12(15(25)26)9(7-27-14(11)23)8-28-16-18-19-20-22(16)2/h3-6,11,14H,7-8H2,1-2H3,(H,25,26)/p+1. The molecule has 2 aromatic rings. The van der Waals surface area contributed by atoms with Gasteiger partial charge in [-0.3, -0.25) is 15.0 Å². The molecule has 2 aliphatic rings. The molecule has 2 atom stereocenters. The molecule has 2 N–H and O–H groups in total. The van der Waals surface area contributed by atoms with E-state index in [4.69, 9.17) is 0 Å². The molecule has 2 aliphatic heterocycles. The average molecular weight is 421 g/mol. The zero-order chi connectivity index (χ0) is 19.8. The molecule has 0 aliphatic carbocycles. The van der Waals surface area contributed by atoms with Crippen molar-refractivity contribution in [1.82, 2.24) is 25.1 Å².